The van der Waals surface area contributed by atoms with Gasteiger partial charge in [-0.1, -0.05) is 23.2 Å². The van der Waals surface area contributed by atoms with E-state index in [9.17, 15) is 8.78 Å². The molecule has 1 aliphatic heterocycles. The van der Waals surface area contributed by atoms with Crippen molar-refractivity contribution in [2.24, 2.45) is 5.92 Å². The maximum atomic E-state index is 14.0. The summed E-state index contributed by atoms with van der Waals surface area (Å²) in [5, 5.41) is 3.32. The molecule has 0 saturated carbocycles. The Bertz CT molecular complexity index is 708. The third-order valence-corrected chi connectivity index (χ3v) is 4.39. The fourth-order valence-electron chi connectivity index (χ4n) is 2.70. The second-order valence-electron chi connectivity index (χ2n) is 5.40. The zero-order valence-electron chi connectivity index (χ0n) is 12.0. The van der Waals surface area contributed by atoms with Crippen molar-refractivity contribution in [3.63, 3.8) is 0 Å². The second kappa shape index (κ2) is 6.99. The minimum atomic E-state index is -0.726. The molecule has 0 radical (unpaired) electrons. The van der Waals surface area contributed by atoms with Gasteiger partial charge in [-0.3, -0.25) is 4.98 Å². The summed E-state index contributed by atoms with van der Waals surface area (Å²) in [7, 11) is 0. The number of pyridine rings is 1. The van der Waals surface area contributed by atoms with Crippen molar-refractivity contribution in [3.05, 3.63) is 57.8 Å². The Labute approximate surface area is 142 Å². The molecule has 23 heavy (non-hydrogen) atoms. The number of rotatable bonds is 4. The summed E-state index contributed by atoms with van der Waals surface area (Å²) in [6, 6.07) is 3.68. The number of hydrogen-bond donors (Lipinski definition) is 1. The molecular formula is C16H14Cl2F2N2O. The number of benzene rings is 1. The number of aromatic nitrogens is 1. The summed E-state index contributed by atoms with van der Waals surface area (Å²) < 4.78 is 33.5. The first-order valence-electron chi connectivity index (χ1n) is 7.17. The maximum absolute atomic E-state index is 14.0. The van der Waals surface area contributed by atoms with E-state index in [0.717, 1.165) is 25.1 Å². The molecule has 3 nitrogen and oxygen atoms in total. The first-order valence-corrected chi connectivity index (χ1v) is 7.93. The predicted molar refractivity (Wildman–Crippen MR) is 85.0 cm³/mol. The zero-order valence-corrected chi connectivity index (χ0v) is 13.5. The molecule has 0 bridgehead atoms. The lowest BCUT2D eigenvalue weighted by atomic mass is 9.96. The van der Waals surface area contributed by atoms with Gasteiger partial charge in [0.2, 0.25) is 0 Å². The van der Waals surface area contributed by atoms with E-state index in [1.807, 2.05) is 0 Å². The van der Waals surface area contributed by atoms with Crippen LogP contribution in [0.3, 0.4) is 0 Å². The van der Waals surface area contributed by atoms with Gasteiger partial charge >= 0.3 is 0 Å². The fraction of sp³-hybridized carbons (Fsp3) is 0.312. The molecule has 1 aliphatic rings. The summed E-state index contributed by atoms with van der Waals surface area (Å²) in [4.78, 5) is 4.05. The van der Waals surface area contributed by atoms with Crippen LogP contribution in [0.4, 0.5) is 8.78 Å². The summed E-state index contributed by atoms with van der Waals surface area (Å²) in [6.45, 7) is 1.53. The van der Waals surface area contributed by atoms with Crippen LogP contribution in [0.5, 0.6) is 5.75 Å². The minimum absolute atomic E-state index is 0.0778. The van der Waals surface area contributed by atoms with Gasteiger partial charge in [-0.25, -0.2) is 8.78 Å². The molecule has 1 aromatic carbocycles. The number of hydrogen-bond acceptors (Lipinski definition) is 3. The molecule has 7 heteroatoms. The van der Waals surface area contributed by atoms with Crippen LogP contribution in [0.25, 0.3) is 0 Å². The third-order valence-electron chi connectivity index (χ3n) is 3.83. The molecule has 2 atom stereocenters. The molecule has 2 heterocycles. The Morgan fingerprint density at radius 1 is 1.22 bits per heavy atom. The van der Waals surface area contributed by atoms with Crippen LogP contribution < -0.4 is 10.1 Å². The molecule has 0 spiro atoms. The lowest BCUT2D eigenvalue weighted by Gasteiger charge is -2.25. The Morgan fingerprint density at radius 3 is 2.70 bits per heavy atom. The Hall–Kier alpha value is -1.43. The van der Waals surface area contributed by atoms with Crippen LogP contribution in [-0.4, -0.2) is 18.1 Å². The van der Waals surface area contributed by atoms with Crippen LogP contribution in [0, 0.1) is 17.6 Å². The van der Waals surface area contributed by atoms with Gasteiger partial charge in [-0.2, -0.15) is 0 Å². The topological polar surface area (TPSA) is 34.1 Å². The van der Waals surface area contributed by atoms with E-state index in [1.165, 1.54) is 6.20 Å². The first kappa shape index (κ1) is 16.4. The van der Waals surface area contributed by atoms with Gasteiger partial charge in [0.15, 0.2) is 11.6 Å². The van der Waals surface area contributed by atoms with Crippen molar-refractivity contribution in [2.45, 2.75) is 12.5 Å². The molecule has 1 N–H and O–H groups in total. The van der Waals surface area contributed by atoms with Crippen molar-refractivity contribution in [2.75, 3.05) is 13.1 Å². The molecule has 1 fully saturated rings. The lowest BCUT2D eigenvalue weighted by Crippen LogP contribution is -2.22. The average Bonchev–Trinajstić information content (AvgIpc) is 3.05. The van der Waals surface area contributed by atoms with Crippen molar-refractivity contribution < 1.29 is 13.5 Å². The highest BCUT2D eigenvalue weighted by atomic mass is 35.5. The number of halogens is 4. The van der Waals surface area contributed by atoms with Crippen molar-refractivity contribution in [1.82, 2.24) is 10.3 Å². The van der Waals surface area contributed by atoms with Gasteiger partial charge in [0.25, 0.3) is 0 Å². The Balaban J connectivity index is 1.98. The van der Waals surface area contributed by atoms with Crippen molar-refractivity contribution >= 4 is 23.2 Å². The zero-order chi connectivity index (χ0) is 16.4. The number of ether oxygens (including phenoxy) is 1. The van der Waals surface area contributed by atoms with E-state index in [0.29, 0.717) is 17.1 Å². The van der Waals surface area contributed by atoms with Crippen LogP contribution in [0.2, 0.25) is 10.0 Å². The summed E-state index contributed by atoms with van der Waals surface area (Å²) in [5.74, 6) is -1.64. The summed E-state index contributed by atoms with van der Waals surface area (Å²) in [6.07, 6.45) is 3.43. The maximum Gasteiger partial charge on any atom is 0.177 e. The van der Waals surface area contributed by atoms with Crippen LogP contribution in [-0.2, 0) is 0 Å². The molecular weight excluding hydrogens is 345 g/mol. The average molecular weight is 359 g/mol. The van der Waals surface area contributed by atoms with Crippen molar-refractivity contribution in [1.29, 1.82) is 0 Å². The quantitative estimate of drug-likeness (QED) is 0.822. The second-order valence-corrected chi connectivity index (χ2v) is 6.21. The summed E-state index contributed by atoms with van der Waals surface area (Å²) in [5.41, 5.74) is 0.700. The molecule has 1 saturated heterocycles. The smallest absolute Gasteiger partial charge is 0.177 e. The standard InChI is InChI=1S/C16H14Cl2F2N2O/c17-11-5-10(7-22-8-11)15(9-3-4-21-6-9)23-16-13(20)2-1-12(19)14(16)18/h1-2,5,7-9,15,21H,3-4,6H2. The van der Waals surface area contributed by atoms with E-state index < -0.39 is 17.7 Å². The monoisotopic (exact) mass is 358 g/mol. The normalized spacial score (nSPS) is 18.9. The van der Waals surface area contributed by atoms with E-state index in [1.54, 1.807) is 12.3 Å². The van der Waals surface area contributed by atoms with Gasteiger partial charge in [0.1, 0.15) is 16.9 Å². The van der Waals surface area contributed by atoms with Gasteiger partial charge in [-0.15, -0.1) is 0 Å². The van der Waals surface area contributed by atoms with E-state index in [2.05, 4.69) is 10.3 Å². The van der Waals surface area contributed by atoms with E-state index in [4.69, 9.17) is 27.9 Å². The molecule has 3 rings (SSSR count). The van der Waals surface area contributed by atoms with Crippen molar-refractivity contribution in [3.8, 4) is 5.75 Å². The van der Waals surface area contributed by atoms with Gasteiger partial charge < -0.3 is 10.1 Å². The predicted octanol–water partition coefficient (Wildman–Crippen LogP) is 4.40. The Kier molecular flexibility index (Phi) is 4.99. The van der Waals surface area contributed by atoms with E-state index >= 15 is 0 Å². The number of nitrogens with zero attached hydrogens (tertiary/aromatic N) is 1. The van der Waals surface area contributed by atoms with Gasteiger partial charge in [-0.05, 0) is 31.2 Å². The number of nitrogens with one attached hydrogen (secondary N) is 1. The molecule has 2 unspecified atom stereocenters. The third kappa shape index (κ3) is 3.57. The minimum Gasteiger partial charge on any atom is -0.481 e. The largest absolute Gasteiger partial charge is 0.481 e. The van der Waals surface area contributed by atoms with Gasteiger partial charge in [0, 0.05) is 30.4 Å². The molecule has 0 aliphatic carbocycles. The summed E-state index contributed by atoms with van der Waals surface area (Å²) >= 11 is 11.9. The lowest BCUT2D eigenvalue weighted by molar-refractivity contribution is 0.137. The highest BCUT2D eigenvalue weighted by Crippen LogP contribution is 2.38. The van der Waals surface area contributed by atoms with Crippen LogP contribution in [0.15, 0.2) is 30.6 Å². The highest BCUT2D eigenvalue weighted by molar-refractivity contribution is 6.32. The van der Waals surface area contributed by atoms with E-state index in [-0.39, 0.29) is 16.7 Å². The fourth-order valence-corrected chi connectivity index (χ4v) is 3.08. The van der Waals surface area contributed by atoms with Crippen LogP contribution >= 0.6 is 23.2 Å². The highest BCUT2D eigenvalue weighted by Gasteiger charge is 2.30. The SMILES string of the molecule is Fc1ccc(F)c(OC(c2cncc(Cl)c2)C2CCNC2)c1Cl. The molecule has 122 valence electrons. The Morgan fingerprint density at radius 2 is 2.00 bits per heavy atom. The first-order chi connectivity index (χ1) is 11.1. The molecule has 1 aromatic heterocycles. The molecule has 2 aromatic rings. The molecule has 0 amide bonds. The van der Waals surface area contributed by atoms with Crippen LogP contribution in [0.1, 0.15) is 18.1 Å². The van der Waals surface area contributed by atoms with Gasteiger partial charge in [0.05, 0.1) is 5.02 Å².